The summed E-state index contributed by atoms with van der Waals surface area (Å²) in [6.07, 6.45) is 1.65. The number of benzene rings is 1. The van der Waals surface area contributed by atoms with Gasteiger partial charge in [0.2, 0.25) is 4.96 Å². The third-order valence-electron chi connectivity index (χ3n) is 4.79. The van der Waals surface area contributed by atoms with Gasteiger partial charge < -0.3 is 4.74 Å². The van der Waals surface area contributed by atoms with E-state index in [1.165, 1.54) is 21.9 Å². The molecule has 1 aromatic carbocycles. The van der Waals surface area contributed by atoms with Gasteiger partial charge in [-0.1, -0.05) is 11.3 Å². The molecule has 9 nitrogen and oxygen atoms in total. The van der Waals surface area contributed by atoms with Gasteiger partial charge in [-0.25, -0.2) is 14.8 Å². The summed E-state index contributed by atoms with van der Waals surface area (Å²) in [6, 6.07) is 6.14. The van der Waals surface area contributed by atoms with E-state index >= 15 is 0 Å². The Hall–Kier alpha value is -3.40. The van der Waals surface area contributed by atoms with Crippen molar-refractivity contribution in [1.29, 1.82) is 0 Å². The topological polar surface area (TPSA) is 108 Å². The molecule has 4 heterocycles. The number of hydrogen-bond donors (Lipinski definition) is 0. The molecule has 1 aliphatic rings. The number of carbonyl (C=O) groups excluding carboxylic acids is 1. The molecule has 0 radical (unpaired) electrons. The molecular weight excluding hydrogens is 394 g/mol. The van der Waals surface area contributed by atoms with Crippen molar-refractivity contribution < 1.29 is 9.53 Å². The molecule has 1 aliphatic heterocycles. The van der Waals surface area contributed by atoms with Gasteiger partial charge in [-0.3, -0.25) is 14.2 Å². The second-order valence-corrected chi connectivity index (χ2v) is 7.86. The zero-order chi connectivity index (χ0) is 20.1. The van der Waals surface area contributed by atoms with Gasteiger partial charge in [-0.15, -0.1) is 0 Å². The summed E-state index contributed by atoms with van der Waals surface area (Å²) in [7, 11) is 0. The predicted octanol–water partition coefficient (Wildman–Crippen LogP) is 1.47. The fraction of sp³-hybridized carbons (Fsp3) is 0.263. The highest BCUT2D eigenvalue weighted by atomic mass is 32.1. The summed E-state index contributed by atoms with van der Waals surface area (Å²) >= 11 is 1.19. The molecule has 3 aromatic heterocycles. The van der Waals surface area contributed by atoms with Gasteiger partial charge in [0.1, 0.15) is 12.4 Å². The lowest BCUT2D eigenvalue weighted by Crippen LogP contribution is -2.21. The van der Waals surface area contributed by atoms with Gasteiger partial charge in [0.25, 0.3) is 11.1 Å². The first-order valence-electron chi connectivity index (χ1n) is 9.06. The molecule has 10 heteroatoms. The molecule has 0 fully saturated rings. The van der Waals surface area contributed by atoms with Crippen LogP contribution in [0.15, 0.2) is 33.9 Å². The summed E-state index contributed by atoms with van der Waals surface area (Å²) in [5.41, 5.74) is 1.04. The number of hydrogen-bond acceptors (Lipinski definition) is 8. The van der Waals surface area contributed by atoms with E-state index in [4.69, 9.17) is 4.74 Å². The van der Waals surface area contributed by atoms with Crippen molar-refractivity contribution in [2.75, 3.05) is 0 Å². The SMILES string of the molecule is Cc1cc(=O)n2nc(COC(=O)c3ccc4c(=O)n5c(nc4c3)CCC5)sc2n1. The molecule has 0 saturated carbocycles. The lowest BCUT2D eigenvalue weighted by molar-refractivity contribution is 0.0471. The average Bonchev–Trinajstić information content (AvgIpc) is 3.32. The Labute approximate surface area is 167 Å². The van der Waals surface area contributed by atoms with Gasteiger partial charge in [-0.05, 0) is 31.5 Å². The van der Waals surface area contributed by atoms with Gasteiger partial charge in [-0.2, -0.15) is 9.61 Å². The largest absolute Gasteiger partial charge is 0.455 e. The Morgan fingerprint density at radius 2 is 2.10 bits per heavy atom. The highest BCUT2D eigenvalue weighted by Crippen LogP contribution is 2.18. The van der Waals surface area contributed by atoms with E-state index in [9.17, 15) is 14.4 Å². The minimum atomic E-state index is -0.551. The van der Waals surface area contributed by atoms with Crippen LogP contribution in [0.2, 0.25) is 0 Å². The summed E-state index contributed by atoms with van der Waals surface area (Å²) in [5.74, 6) is 0.195. The minimum absolute atomic E-state index is 0.0786. The van der Waals surface area contributed by atoms with E-state index < -0.39 is 5.97 Å². The maximum Gasteiger partial charge on any atom is 0.338 e. The van der Waals surface area contributed by atoms with Gasteiger partial charge in [0, 0.05) is 24.7 Å². The van der Waals surface area contributed by atoms with Crippen LogP contribution in [0.1, 0.15) is 33.3 Å². The Kier molecular flexibility index (Phi) is 4.02. The number of rotatable bonds is 3. The van der Waals surface area contributed by atoms with Crippen molar-refractivity contribution in [3.63, 3.8) is 0 Å². The maximum absolute atomic E-state index is 12.5. The minimum Gasteiger partial charge on any atom is -0.455 e. The fourth-order valence-corrected chi connectivity index (χ4v) is 4.30. The van der Waals surface area contributed by atoms with Crippen LogP contribution in [0, 0.1) is 6.92 Å². The second-order valence-electron chi connectivity index (χ2n) is 6.82. The molecule has 0 saturated heterocycles. The van der Waals surface area contributed by atoms with E-state index in [0.29, 0.717) is 38.7 Å². The standard InChI is InChI=1S/C19H15N5O4S/c1-10-7-16(25)24-19(20-10)29-15(22-24)9-28-18(27)11-4-5-12-13(8-11)21-14-3-2-6-23(14)17(12)26/h4-5,7-8H,2-3,6,9H2,1H3. The van der Waals surface area contributed by atoms with E-state index in [1.807, 2.05) is 0 Å². The summed E-state index contributed by atoms with van der Waals surface area (Å²) < 4.78 is 8.22. The molecule has 4 aromatic rings. The molecule has 0 aliphatic carbocycles. The number of carbonyl (C=O) groups is 1. The number of fused-ring (bicyclic) bond motifs is 3. The molecular formula is C19H15N5O4S. The van der Waals surface area contributed by atoms with Crippen molar-refractivity contribution in [3.8, 4) is 0 Å². The predicted molar refractivity (Wildman–Crippen MR) is 105 cm³/mol. The van der Waals surface area contributed by atoms with E-state index in [0.717, 1.165) is 18.7 Å². The first-order valence-corrected chi connectivity index (χ1v) is 9.88. The Morgan fingerprint density at radius 1 is 1.24 bits per heavy atom. The summed E-state index contributed by atoms with van der Waals surface area (Å²) in [6.45, 7) is 2.33. The number of aryl methyl sites for hydroxylation is 2. The van der Waals surface area contributed by atoms with Crippen LogP contribution >= 0.6 is 11.3 Å². The average molecular weight is 409 g/mol. The van der Waals surface area contributed by atoms with Crippen LogP contribution in [0.3, 0.4) is 0 Å². The third-order valence-corrected chi connectivity index (χ3v) is 5.68. The zero-order valence-electron chi connectivity index (χ0n) is 15.4. The van der Waals surface area contributed by atoms with Gasteiger partial charge in [0.15, 0.2) is 5.01 Å². The molecule has 0 amide bonds. The molecule has 0 spiro atoms. The lowest BCUT2D eigenvalue weighted by atomic mass is 10.1. The number of nitrogens with zero attached hydrogens (tertiary/aromatic N) is 5. The Bertz CT molecular complexity index is 1420. The van der Waals surface area contributed by atoms with Crippen LogP contribution in [0.4, 0.5) is 0 Å². The van der Waals surface area contributed by atoms with Crippen molar-refractivity contribution >= 4 is 33.2 Å². The van der Waals surface area contributed by atoms with Crippen LogP contribution in [-0.4, -0.2) is 30.1 Å². The lowest BCUT2D eigenvalue weighted by Gasteiger charge is -2.07. The van der Waals surface area contributed by atoms with Crippen LogP contribution in [-0.2, 0) is 24.3 Å². The highest BCUT2D eigenvalue weighted by molar-refractivity contribution is 7.16. The van der Waals surface area contributed by atoms with Crippen LogP contribution < -0.4 is 11.1 Å². The number of ether oxygens (including phenoxy) is 1. The molecule has 0 unspecified atom stereocenters. The Morgan fingerprint density at radius 3 is 2.97 bits per heavy atom. The highest BCUT2D eigenvalue weighted by Gasteiger charge is 2.18. The first kappa shape index (κ1) is 17.7. The van der Waals surface area contributed by atoms with Crippen molar-refractivity contribution in [2.45, 2.75) is 32.9 Å². The van der Waals surface area contributed by atoms with Crippen molar-refractivity contribution in [2.24, 2.45) is 0 Å². The van der Waals surface area contributed by atoms with E-state index in [-0.39, 0.29) is 17.7 Å². The molecule has 0 bridgehead atoms. The second kappa shape index (κ2) is 6.59. The normalized spacial score (nSPS) is 13.1. The van der Waals surface area contributed by atoms with Crippen molar-refractivity contribution in [3.05, 3.63) is 67.1 Å². The fourth-order valence-electron chi connectivity index (χ4n) is 3.44. The van der Waals surface area contributed by atoms with Crippen molar-refractivity contribution in [1.82, 2.24) is 24.1 Å². The van der Waals surface area contributed by atoms with Crippen LogP contribution in [0.5, 0.6) is 0 Å². The summed E-state index contributed by atoms with van der Waals surface area (Å²) in [4.78, 5) is 46.1. The smallest absolute Gasteiger partial charge is 0.338 e. The molecule has 0 N–H and O–H groups in total. The number of aromatic nitrogens is 5. The zero-order valence-corrected chi connectivity index (χ0v) is 16.2. The first-order chi connectivity index (χ1) is 14.0. The quantitative estimate of drug-likeness (QED) is 0.472. The van der Waals surface area contributed by atoms with Gasteiger partial charge in [0.05, 0.1) is 16.5 Å². The maximum atomic E-state index is 12.5. The third kappa shape index (κ3) is 3.01. The Balaban J connectivity index is 1.40. The summed E-state index contributed by atoms with van der Waals surface area (Å²) in [5, 5.41) is 5.09. The molecule has 146 valence electrons. The van der Waals surface area contributed by atoms with E-state index in [1.54, 1.807) is 29.7 Å². The van der Waals surface area contributed by atoms with Gasteiger partial charge >= 0.3 is 5.97 Å². The monoisotopic (exact) mass is 409 g/mol. The van der Waals surface area contributed by atoms with Crippen LogP contribution in [0.25, 0.3) is 15.9 Å². The number of esters is 1. The van der Waals surface area contributed by atoms with E-state index in [2.05, 4.69) is 15.1 Å². The molecule has 29 heavy (non-hydrogen) atoms. The molecule has 0 atom stereocenters. The molecule has 5 rings (SSSR count).